The molecular weight excluding hydrogens is 399 g/mol. The average Bonchev–Trinajstić information content (AvgIpc) is 3.14. The van der Waals surface area contributed by atoms with Gasteiger partial charge in [-0.15, -0.1) is 0 Å². The van der Waals surface area contributed by atoms with E-state index in [-0.39, 0.29) is 23.4 Å². The lowest BCUT2D eigenvalue weighted by molar-refractivity contribution is -0.0372. The molecular formula is C29H43FO2. The third-order valence-corrected chi connectivity index (χ3v) is 9.36. The van der Waals surface area contributed by atoms with Crippen molar-refractivity contribution in [2.24, 2.45) is 29.1 Å². The van der Waals surface area contributed by atoms with Crippen molar-refractivity contribution in [3.63, 3.8) is 0 Å². The summed E-state index contributed by atoms with van der Waals surface area (Å²) >= 11 is 0. The fourth-order valence-electron chi connectivity index (χ4n) is 7.55. The second-order valence-corrected chi connectivity index (χ2v) is 11.3. The monoisotopic (exact) mass is 442 g/mol. The van der Waals surface area contributed by atoms with E-state index in [2.05, 4.69) is 19.9 Å². The van der Waals surface area contributed by atoms with Crippen molar-refractivity contribution >= 4 is 0 Å². The van der Waals surface area contributed by atoms with Crippen molar-refractivity contribution in [1.29, 1.82) is 0 Å². The van der Waals surface area contributed by atoms with Crippen LogP contribution in [0.1, 0.15) is 90.0 Å². The Kier molecular flexibility index (Phi) is 7.77. The van der Waals surface area contributed by atoms with Gasteiger partial charge >= 0.3 is 0 Å². The zero-order chi connectivity index (χ0) is 22.7. The van der Waals surface area contributed by atoms with E-state index in [0.717, 1.165) is 68.3 Å². The molecule has 1 aromatic carbocycles. The average molecular weight is 443 g/mol. The molecule has 178 valence electrons. The lowest BCUT2D eigenvalue weighted by Crippen LogP contribution is -2.45. The molecule has 0 spiro atoms. The Labute approximate surface area is 194 Å². The van der Waals surface area contributed by atoms with Crippen LogP contribution in [0.25, 0.3) is 0 Å². The highest BCUT2D eigenvalue weighted by molar-refractivity contribution is 5.17. The summed E-state index contributed by atoms with van der Waals surface area (Å²) in [5, 5.41) is 21.5. The summed E-state index contributed by atoms with van der Waals surface area (Å²) in [5.74, 6) is 2.42. The van der Waals surface area contributed by atoms with E-state index in [4.69, 9.17) is 0 Å². The molecule has 2 N–H and O–H groups in total. The minimum atomic E-state index is -0.269. The van der Waals surface area contributed by atoms with Crippen molar-refractivity contribution in [2.75, 3.05) is 0 Å². The summed E-state index contributed by atoms with van der Waals surface area (Å²) in [6.07, 6.45) is 14.9. The second kappa shape index (κ2) is 10.4. The lowest BCUT2D eigenvalue weighted by atomic mass is 9.54. The number of aryl methyl sites for hydroxylation is 1. The number of halogens is 1. The van der Waals surface area contributed by atoms with Gasteiger partial charge in [0.1, 0.15) is 5.82 Å². The van der Waals surface area contributed by atoms with Gasteiger partial charge in [-0.05, 0) is 111 Å². The maximum absolute atomic E-state index is 13.2. The number of fused-ring (bicyclic) bond motifs is 3. The van der Waals surface area contributed by atoms with Crippen LogP contribution in [0.15, 0.2) is 35.9 Å². The summed E-state index contributed by atoms with van der Waals surface area (Å²) in [5.41, 5.74) is 2.85. The Morgan fingerprint density at radius 2 is 1.88 bits per heavy atom. The molecule has 7 atom stereocenters. The Hall–Kier alpha value is -1.19. The molecule has 0 radical (unpaired) electrons. The van der Waals surface area contributed by atoms with Crippen LogP contribution in [0.3, 0.4) is 0 Å². The number of unbranched alkanes of at least 4 members (excludes halogenated alkanes) is 1. The van der Waals surface area contributed by atoms with Crippen LogP contribution in [0.4, 0.5) is 4.39 Å². The molecule has 3 aliphatic carbocycles. The predicted octanol–water partition coefficient (Wildman–Crippen LogP) is 6.84. The second-order valence-electron chi connectivity index (χ2n) is 11.3. The number of benzene rings is 1. The van der Waals surface area contributed by atoms with Crippen molar-refractivity contribution in [2.45, 2.75) is 103 Å². The van der Waals surface area contributed by atoms with E-state index in [1.54, 1.807) is 0 Å². The standard InChI is InChI=1S/C29H43FO2/c1-3-4-5-24(31)19-21-8-12-25-22(18-21)16-17-29(2)26(25)13-14-27(29)28(32)15-9-20-6-10-23(30)11-7-20/h6-8,10-11,22,24-28,31-32H,3-5,9,12-19H2,1-2H3/t22-,24+,25-,26+,27-,28+,29+/m1/s1. The maximum atomic E-state index is 13.2. The molecule has 0 aliphatic heterocycles. The van der Waals surface area contributed by atoms with Gasteiger partial charge in [-0.1, -0.05) is 50.5 Å². The zero-order valence-electron chi connectivity index (χ0n) is 20.1. The Morgan fingerprint density at radius 1 is 1.09 bits per heavy atom. The Bertz CT molecular complexity index is 772. The minimum Gasteiger partial charge on any atom is -0.393 e. The predicted molar refractivity (Wildman–Crippen MR) is 129 cm³/mol. The molecule has 0 saturated heterocycles. The smallest absolute Gasteiger partial charge is 0.123 e. The summed E-state index contributed by atoms with van der Waals surface area (Å²) in [7, 11) is 0. The van der Waals surface area contributed by atoms with Crippen molar-refractivity contribution in [3.05, 3.63) is 47.3 Å². The van der Waals surface area contributed by atoms with Gasteiger partial charge in [0.25, 0.3) is 0 Å². The summed E-state index contributed by atoms with van der Waals surface area (Å²) < 4.78 is 13.2. The lowest BCUT2D eigenvalue weighted by Gasteiger charge is -2.51. The molecule has 0 unspecified atom stereocenters. The van der Waals surface area contributed by atoms with Gasteiger partial charge in [0.2, 0.25) is 0 Å². The van der Waals surface area contributed by atoms with Gasteiger partial charge in [0.15, 0.2) is 0 Å². The quantitative estimate of drug-likeness (QED) is 0.411. The van der Waals surface area contributed by atoms with E-state index < -0.39 is 0 Å². The highest BCUT2D eigenvalue weighted by Gasteiger charge is 2.55. The molecule has 0 aromatic heterocycles. The molecule has 2 fully saturated rings. The van der Waals surface area contributed by atoms with E-state index in [0.29, 0.717) is 5.92 Å². The number of allylic oxidation sites excluding steroid dienone is 1. The van der Waals surface area contributed by atoms with Crippen LogP contribution in [-0.2, 0) is 6.42 Å². The van der Waals surface area contributed by atoms with Crippen LogP contribution < -0.4 is 0 Å². The van der Waals surface area contributed by atoms with Gasteiger partial charge < -0.3 is 10.2 Å². The number of hydrogen-bond acceptors (Lipinski definition) is 2. The van der Waals surface area contributed by atoms with Crippen molar-refractivity contribution < 1.29 is 14.6 Å². The highest BCUT2D eigenvalue weighted by Crippen LogP contribution is 2.62. The van der Waals surface area contributed by atoms with Gasteiger partial charge in [-0.3, -0.25) is 0 Å². The number of rotatable bonds is 9. The molecule has 0 amide bonds. The zero-order valence-corrected chi connectivity index (χ0v) is 20.1. The number of hydrogen-bond donors (Lipinski definition) is 2. The molecule has 0 heterocycles. The first kappa shape index (κ1) is 24.0. The van der Waals surface area contributed by atoms with E-state index in [9.17, 15) is 14.6 Å². The first-order valence-electron chi connectivity index (χ1n) is 13.2. The van der Waals surface area contributed by atoms with Crippen LogP contribution in [0.2, 0.25) is 0 Å². The molecule has 2 nitrogen and oxygen atoms in total. The highest BCUT2D eigenvalue weighted by atomic mass is 19.1. The largest absolute Gasteiger partial charge is 0.393 e. The number of aliphatic hydroxyl groups excluding tert-OH is 2. The molecule has 4 rings (SSSR count). The van der Waals surface area contributed by atoms with Crippen molar-refractivity contribution in [3.8, 4) is 0 Å². The molecule has 3 aliphatic rings. The van der Waals surface area contributed by atoms with Crippen molar-refractivity contribution in [1.82, 2.24) is 0 Å². The van der Waals surface area contributed by atoms with Gasteiger partial charge in [-0.2, -0.15) is 0 Å². The van der Waals surface area contributed by atoms with E-state index in [1.807, 2.05) is 12.1 Å². The van der Waals surface area contributed by atoms with Gasteiger partial charge in [0.05, 0.1) is 12.2 Å². The molecule has 2 saturated carbocycles. The van der Waals surface area contributed by atoms with Crippen LogP contribution in [-0.4, -0.2) is 22.4 Å². The Balaban J connectivity index is 1.35. The van der Waals surface area contributed by atoms with E-state index in [1.165, 1.54) is 49.8 Å². The Morgan fingerprint density at radius 3 is 2.62 bits per heavy atom. The van der Waals surface area contributed by atoms with Crippen LogP contribution in [0.5, 0.6) is 0 Å². The fraction of sp³-hybridized carbons (Fsp3) is 0.724. The van der Waals surface area contributed by atoms with Crippen LogP contribution >= 0.6 is 0 Å². The van der Waals surface area contributed by atoms with Crippen LogP contribution in [0, 0.1) is 34.9 Å². The third kappa shape index (κ3) is 5.14. The van der Waals surface area contributed by atoms with E-state index >= 15 is 0 Å². The van der Waals surface area contributed by atoms with Gasteiger partial charge in [0, 0.05) is 0 Å². The molecule has 1 aromatic rings. The first-order valence-corrected chi connectivity index (χ1v) is 13.2. The maximum Gasteiger partial charge on any atom is 0.123 e. The molecule has 32 heavy (non-hydrogen) atoms. The number of aliphatic hydroxyl groups is 2. The minimum absolute atomic E-state index is 0.168. The summed E-state index contributed by atoms with van der Waals surface area (Å²) in [6, 6.07) is 6.72. The molecule has 0 bridgehead atoms. The normalized spacial score (nSPS) is 33.8. The third-order valence-electron chi connectivity index (χ3n) is 9.36. The first-order chi connectivity index (χ1) is 15.4. The topological polar surface area (TPSA) is 40.5 Å². The molecule has 3 heteroatoms. The summed E-state index contributed by atoms with van der Waals surface area (Å²) in [4.78, 5) is 0. The summed E-state index contributed by atoms with van der Waals surface area (Å²) in [6.45, 7) is 4.64. The SMILES string of the molecule is CCCC[C@H](O)CC1=CC[C@@H]2[C@H](CC[C@]3(C)[C@@H]([C@@H](O)CCc4ccc(F)cc4)CC[C@@H]23)C1. The van der Waals surface area contributed by atoms with Gasteiger partial charge in [-0.25, -0.2) is 4.39 Å². The fourth-order valence-corrected chi connectivity index (χ4v) is 7.55.